The highest BCUT2D eigenvalue weighted by molar-refractivity contribution is 8.00. The highest BCUT2D eigenvalue weighted by Crippen LogP contribution is 2.37. The maximum Gasteiger partial charge on any atom is 0.272 e. The van der Waals surface area contributed by atoms with Crippen molar-refractivity contribution in [1.29, 1.82) is 0 Å². The van der Waals surface area contributed by atoms with Gasteiger partial charge >= 0.3 is 0 Å². The van der Waals surface area contributed by atoms with Crippen molar-refractivity contribution in [3.05, 3.63) is 161 Å². The summed E-state index contributed by atoms with van der Waals surface area (Å²) in [5.74, 6) is -1.30. The van der Waals surface area contributed by atoms with E-state index in [-0.39, 0.29) is 16.6 Å². The van der Waals surface area contributed by atoms with Crippen LogP contribution in [0.2, 0.25) is 5.02 Å². The van der Waals surface area contributed by atoms with E-state index in [0.717, 1.165) is 10.5 Å². The molecule has 10 heteroatoms. The minimum absolute atomic E-state index is 0.0242. The molecule has 5 aromatic carbocycles. The Balaban J connectivity index is 1.35. The van der Waals surface area contributed by atoms with Crippen LogP contribution >= 0.6 is 23.4 Å². The second-order valence-corrected chi connectivity index (χ2v) is 11.9. The molecule has 1 unspecified atom stereocenters. The van der Waals surface area contributed by atoms with Crippen LogP contribution in [0.25, 0.3) is 6.08 Å². The number of hydrogen-bond donors (Lipinski definition) is 3. The highest BCUT2D eigenvalue weighted by atomic mass is 35.5. The molecule has 0 fully saturated rings. The van der Waals surface area contributed by atoms with Crippen LogP contribution in [0.3, 0.4) is 0 Å². The Morgan fingerprint density at radius 2 is 1.46 bits per heavy atom. The average molecular weight is 680 g/mol. The maximum absolute atomic E-state index is 13.7. The quantitative estimate of drug-likeness (QED) is 0.0905. The van der Waals surface area contributed by atoms with Gasteiger partial charge in [-0.1, -0.05) is 78.3 Å². The van der Waals surface area contributed by atoms with Gasteiger partial charge in [-0.15, -0.1) is 11.8 Å². The molecule has 0 aliphatic heterocycles. The number of thioether (sulfide) groups is 1. The minimum Gasteiger partial charge on any atom is -0.493 e. The summed E-state index contributed by atoms with van der Waals surface area (Å²) in [6.07, 6.45) is 1.57. The number of rotatable bonds is 12. The highest BCUT2D eigenvalue weighted by Gasteiger charge is 2.23. The summed E-state index contributed by atoms with van der Waals surface area (Å²) in [5, 5.41) is 7.67. The predicted molar refractivity (Wildman–Crippen MR) is 190 cm³/mol. The molecule has 0 spiro atoms. The molecule has 0 aliphatic carbocycles. The first-order valence-electron chi connectivity index (χ1n) is 15.0. The van der Waals surface area contributed by atoms with Crippen molar-refractivity contribution in [3.63, 3.8) is 0 Å². The first-order valence-corrected chi connectivity index (χ1v) is 16.3. The smallest absolute Gasteiger partial charge is 0.272 e. The molecule has 0 radical (unpaired) electrons. The third-order valence-corrected chi connectivity index (χ3v) is 8.50. The van der Waals surface area contributed by atoms with Gasteiger partial charge < -0.3 is 20.7 Å². The van der Waals surface area contributed by atoms with Gasteiger partial charge in [0.15, 0.2) is 0 Å². The zero-order valence-corrected chi connectivity index (χ0v) is 27.4. The van der Waals surface area contributed by atoms with E-state index >= 15 is 0 Å². The summed E-state index contributed by atoms with van der Waals surface area (Å²) >= 11 is 7.23. The van der Waals surface area contributed by atoms with Crippen LogP contribution in [-0.2, 0) is 9.59 Å². The number of ether oxygens (including phenoxy) is 1. The standard InChI is InChI=1S/C38H31ClFN3O4S/c1-2-47-34-16-10-9-15-27(34)23-33(43-36(44)26-13-7-4-8-14-26)37(45)41-28-17-20-30(21-18-28)48-35(25-11-5-3-6-12-25)38(46)42-29-19-22-32(40)31(39)24-29/h3-24,35H,2H2,1H3,(H,41,45)(H,42,46)(H,43,44)/b33-23-. The molecule has 1 atom stereocenters. The molecule has 0 saturated heterocycles. The van der Waals surface area contributed by atoms with Gasteiger partial charge in [0.1, 0.15) is 22.5 Å². The van der Waals surface area contributed by atoms with Crippen molar-refractivity contribution < 1.29 is 23.5 Å². The molecular formula is C38H31ClFN3O4S. The molecular weight excluding hydrogens is 649 g/mol. The lowest BCUT2D eigenvalue weighted by Gasteiger charge is -2.18. The first-order chi connectivity index (χ1) is 23.3. The first kappa shape index (κ1) is 34.0. The number of carbonyl (C=O) groups is 3. The summed E-state index contributed by atoms with van der Waals surface area (Å²) in [6, 6.07) is 36.1. The molecule has 3 amide bonds. The lowest BCUT2D eigenvalue weighted by molar-refractivity contribution is -0.116. The summed E-state index contributed by atoms with van der Waals surface area (Å²) in [7, 11) is 0. The molecule has 0 saturated carbocycles. The van der Waals surface area contributed by atoms with Crippen LogP contribution in [0.15, 0.2) is 138 Å². The maximum atomic E-state index is 13.7. The average Bonchev–Trinajstić information content (AvgIpc) is 3.10. The molecule has 0 heterocycles. The summed E-state index contributed by atoms with van der Waals surface area (Å²) in [6.45, 7) is 2.30. The molecule has 48 heavy (non-hydrogen) atoms. The van der Waals surface area contributed by atoms with Crippen molar-refractivity contribution in [3.8, 4) is 5.75 Å². The third kappa shape index (κ3) is 9.12. The van der Waals surface area contributed by atoms with E-state index in [9.17, 15) is 18.8 Å². The number of hydrogen-bond acceptors (Lipinski definition) is 5. The van der Waals surface area contributed by atoms with Gasteiger partial charge in [0.2, 0.25) is 5.91 Å². The minimum atomic E-state index is -0.649. The molecule has 0 aromatic heterocycles. The molecule has 5 rings (SSSR count). The zero-order valence-electron chi connectivity index (χ0n) is 25.8. The Labute approximate surface area is 287 Å². The van der Waals surface area contributed by atoms with Crippen molar-refractivity contribution in [1.82, 2.24) is 5.32 Å². The Bertz CT molecular complexity index is 1920. The van der Waals surface area contributed by atoms with Gasteiger partial charge in [0.25, 0.3) is 11.8 Å². The van der Waals surface area contributed by atoms with Gasteiger partial charge in [0, 0.05) is 27.4 Å². The normalized spacial score (nSPS) is 11.7. The fraction of sp³-hybridized carbons (Fsp3) is 0.0789. The van der Waals surface area contributed by atoms with E-state index in [1.807, 2.05) is 49.4 Å². The Morgan fingerprint density at radius 3 is 2.15 bits per heavy atom. The van der Waals surface area contributed by atoms with Crippen molar-refractivity contribution in [2.24, 2.45) is 0 Å². The second-order valence-electron chi connectivity index (χ2n) is 10.4. The van der Waals surface area contributed by atoms with E-state index in [4.69, 9.17) is 16.3 Å². The third-order valence-electron chi connectivity index (χ3n) is 6.94. The van der Waals surface area contributed by atoms with Gasteiger partial charge in [0.05, 0.1) is 11.6 Å². The topological polar surface area (TPSA) is 96.5 Å². The molecule has 7 nitrogen and oxygen atoms in total. The summed E-state index contributed by atoms with van der Waals surface area (Å²) in [5.41, 5.74) is 2.66. The SMILES string of the molecule is CCOc1ccccc1/C=C(\NC(=O)c1ccccc1)C(=O)Nc1ccc(SC(C(=O)Nc2ccc(F)c(Cl)c2)c2ccccc2)cc1. The van der Waals surface area contributed by atoms with Gasteiger partial charge in [-0.3, -0.25) is 14.4 Å². The number of benzene rings is 5. The van der Waals surface area contributed by atoms with Gasteiger partial charge in [-0.05, 0) is 79.2 Å². The van der Waals surface area contributed by atoms with Crippen LogP contribution < -0.4 is 20.7 Å². The van der Waals surface area contributed by atoms with E-state index in [0.29, 0.717) is 34.9 Å². The number of carbonyl (C=O) groups excluding carboxylic acids is 3. The van der Waals surface area contributed by atoms with Crippen molar-refractivity contribution in [2.75, 3.05) is 17.2 Å². The van der Waals surface area contributed by atoms with Crippen LogP contribution in [0.4, 0.5) is 15.8 Å². The summed E-state index contributed by atoms with van der Waals surface area (Å²) in [4.78, 5) is 40.8. The number of amides is 3. The number of para-hydroxylation sites is 1. The van der Waals surface area contributed by atoms with Gasteiger partial charge in [-0.25, -0.2) is 4.39 Å². The predicted octanol–water partition coefficient (Wildman–Crippen LogP) is 8.76. The van der Waals surface area contributed by atoms with Crippen LogP contribution in [-0.4, -0.2) is 24.3 Å². The van der Waals surface area contributed by atoms with E-state index < -0.39 is 22.9 Å². The molecule has 0 bridgehead atoms. The summed E-state index contributed by atoms with van der Waals surface area (Å²) < 4.78 is 19.4. The fourth-order valence-corrected chi connectivity index (χ4v) is 5.82. The Hall–Kier alpha value is -5.38. The Morgan fingerprint density at radius 1 is 0.812 bits per heavy atom. The molecule has 242 valence electrons. The van der Waals surface area contributed by atoms with Crippen molar-refractivity contribution in [2.45, 2.75) is 17.1 Å². The zero-order chi connectivity index (χ0) is 33.9. The van der Waals surface area contributed by atoms with Crippen molar-refractivity contribution >= 4 is 58.5 Å². The number of halogens is 2. The van der Waals surface area contributed by atoms with E-state index in [1.54, 1.807) is 72.8 Å². The van der Waals surface area contributed by atoms with Gasteiger partial charge in [-0.2, -0.15) is 0 Å². The largest absolute Gasteiger partial charge is 0.493 e. The van der Waals surface area contributed by atoms with Crippen LogP contribution in [0, 0.1) is 5.82 Å². The lowest BCUT2D eigenvalue weighted by atomic mass is 10.1. The van der Waals surface area contributed by atoms with Crippen LogP contribution in [0.1, 0.15) is 33.7 Å². The lowest BCUT2D eigenvalue weighted by Crippen LogP contribution is -2.30. The van der Waals surface area contributed by atoms with E-state index in [1.165, 1.54) is 30.0 Å². The molecule has 5 aromatic rings. The van der Waals surface area contributed by atoms with Crippen LogP contribution in [0.5, 0.6) is 5.75 Å². The second kappa shape index (κ2) is 16.4. The molecule has 0 aliphatic rings. The van der Waals surface area contributed by atoms with E-state index in [2.05, 4.69) is 16.0 Å². The Kier molecular flexibility index (Phi) is 11.6. The number of anilines is 2. The monoisotopic (exact) mass is 679 g/mol. The number of nitrogens with one attached hydrogen (secondary N) is 3. The molecule has 3 N–H and O–H groups in total. The fourth-order valence-electron chi connectivity index (χ4n) is 4.62.